The van der Waals surface area contributed by atoms with E-state index in [1.165, 1.54) is 28.7 Å². The predicted molar refractivity (Wildman–Crippen MR) is 151 cm³/mol. The van der Waals surface area contributed by atoms with Gasteiger partial charge in [-0.25, -0.2) is 4.98 Å². The molecule has 1 N–H and O–H groups in total. The smallest absolute Gasteiger partial charge is 0.278 e. The topological polar surface area (TPSA) is 68.9 Å². The minimum absolute atomic E-state index is 0.0325. The Bertz CT molecular complexity index is 1530. The molecule has 1 amide bonds. The Morgan fingerprint density at radius 3 is 2.56 bits per heavy atom. The Morgan fingerprint density at radius 1 is 1.14 bits per heavy atom. The maximum atomic E-state index is 13.9. The van der Waals surface area contributed by atoms with Crippen LogP contribution < -0.4 is 10.9 Å². The number of aromatic nitrogens is 3. The SMILES string of the molecule is CCc1ccc(-n2c(=S)sc3c(=O)n(-c4ccccc4C)c(SCC(=O)NC4CCCC4)nc32)cc1. The molecule has 9 heteroatoms. The molecule has 186 valence electrons. The molecule has 1 saturated carbocycles. The first kappa shape index (κ1) is 24.9. The van der Waals surface area contributed by atoms with Gasteiger partial charge in [-0.3, -0.25) is 18.7 Å². The molecule has 2 aromatic carbocycles. The number of aryl methyl sites for hydroxylation is 2. The molecular weight excluding hydrogens is 509 g/mol. The minimum Gasteiger partial charge on any atom is -0.353 e. The van der Waals surface area contributed by atoms with Gasteiger partial charge in [-0.1, -0.05) is 73.2 Å². The average molecular weight is 537 g/mol. The van der Waals surface area contributed by atoms with Crippen LogP contribution in [0.25, 0.3) is 21.7 Å². The Hall–Kier alpha value is -2.75. The highest BCUT2D eigenvalue weighted by atomic mass is 32.2. The molecule has 4 aromatic rings. The van der Waals surface area contributed by atoms with E-state index < -0.39 is 0 Å². The van der Waals surface area contributed by atoms with Gasteiger partial charge in [0.15, 0.2) is 14.8 Å². The van der Waals surface area contributed by atoms with Crippen molar-refractivity contribution >= 4 is 51.6 Å². The van der Waals surface area contributed by atoms with Gasteiger partial charge in [0.05, 0.1) is 11.4 Å². The number of thioether (sulfide) groups is 1. The molecule has 1 aliphatic rings. The molecular formula is C27H28N4O2S3. The molecule has 0 spiro atoms. The van der Waals surface area contributed by atoms with Crippen LogP contribution >= 0.6 is 35.3 Å². The summed E-state index contributed by atoms with van der Waals surface area (Å²) in [5, 5.41) is 3.61. The summed E-state index contributed by atoms with van der Waals surface area (Å²) < 4.78 is 4.56. The van der Waals surface area contributed by atoms with E-state index in [1.54, 1.807) is 4.57 Å². The van der Waals surface area contributed by atoms with Crippen LogP contribution in [0.4, 0.5) is 0 Å². The number of benzene rings is 2. The Balaban J connectivity index is 1.61. The molecule has 0 unspecified atom stereocenters. The van der Waals surface area contributed by atoms with Gasteiger partial charge >= 0.3 is 0 Å². The second-order valence-electron chi connectivity index (χ2n) is 9.04. The van der Waals surface area contributed by atoms with Gasteiger partial charge in [-0.15, -0.1) is 0 Å². The van der Waals surface area contributed by atoms with Crippen molar-refractivity contribution in [3.63, 3.8) is 0 Å². The lowest BCUT2D eigenvalue weighted by atomic mass is 10.1. The normalized spacial score (nSPS) is 13.9. The van der Waals surface area contributed by atoms with Gasteiger partial charge in [0.2, 0.25) is 5.91 Å². The zero-order valence-corrected chi connectivity index (χ0v) is 22.8. The molecule has 1 fully saturated rings. The summed E-state index contributed by atoms with van der Waals surface area (Å²) in [4.78, 5) is 31.6. The van der Waals surface area contributed by atoms with Crippen molar-refractivity contribution in [2.24, 2.45) is 0 Å². The van der Waals surface area contributed by atoms with E-state index in [4.69, 9.17) is 17.2 Å². The van der Waals surface area contributed by atoms with Crippen LogP contribution in [0.2, 0.25) is 0 Å². The van der Waals surface area contributed by atoms with E-state index in [9.17, 15) is 9.59 Å². The van der Waals surface area contributed by atoms with E-state index >= 15 is 0 Å². The molecule has 0 atom stereocenters. The highest BCUT2D eigenvalue weighted by Crippen LogP contribution is 2.28. The van der Waals surface area contributed by atoms with Crippen LogP contribution in [0.3, 0.4) is 0 Å². The lowest BCUT2D eigenvalue weighted by molar-refractivity contribution is -0.119. The molecule has 2 heterocycles. The molecule has 6 nitrogen and oxygen atoms in total. The van der Waals surface area contributed by atoms with E-state index in [-0.39, 0.29) is 23.3 Å². The van der Waals surface area contributed by atoms with Crippen molar-refractivity contribution in [1.82, 2.24) is 19.4 Å². The van der Waals surface area contributed by atoms with E-state index in [2.05, 4.69) is 24.4 Å². The monoisotopic (exact) mass is 536 g/mol. The summed E-state index contributed by atoms with van der Waals surface area (Å²) >= 11 is 8.25. The van der Waals surface area contributed by atoms with Crippen molar-refractivity contribution in [2.75, 3.05) is 5.75 Å². The number of rotatable bonds is 7. The maximum absolute atomic E-state index is 13.9. The maximum Gasteiger partial charge on any atom is 0.278 e. The number of amides is 1. The Kier molecular flexibility index (Phi) is 7.41. The van der Waals surface area contributed by atoms with Crippen LogP contribution in [-0.2, 0) is 11.2 Å². The summed E-state index contributed by atoms with van der Waals surface area (Å²) in [6.45, 7) is 4.08. The number of fused-ring (bicyclic) bond motifs is 1. The number of carbonyl (C=O) groups is 1. The molecule has 0 saturated heterocycles. The number of hydrogen-bond acceptors (Lipinski definition) is 6. The molecule has 0 bridgehead atoms. The van der Waals surface area contributed by atoms with Crippen molar-refractivity contribution in [1.29, 1.82) is 0 Å². The van der Waals surface area contributed by atoms with E-state index in [0.29, 0.717) is 19.5 Å². The van der Waals surface area contributed by atoms with Gasteiger partial charge in [-0.05, 0) is 67.7 Å². The lowest BCUT2D eigenvalue weighted by Gasteiger charge is -2.15. The van der Waals surface area contributed by atoms with Crippen LogP contribution in [0.15, 0.2) is 58.5 Å². The van der Waals surface area contributed by atoms with Gasteiger partial charge < -0.3 is 5.32 Å². The fraction of sp³-hybridized carbons (Fsp3) is 0.333. The number of nitrogens with zero attached hydrogens (tertiary/aromatic N) is 3. The molecule has 0 aliphatic heterocycles. The van der Waals surface area contributed by atoms with E-state index in [1.807, 2.05) is 47.9 Å². The summed E-state index contributed by atoms with van der Waals surface area (Å²) in [6.07, 6.45) is 5.32. The molecule has 1 aliphatic carbocycles. The summed E-state index contributed by atoms with van der Waals surface area (Å²) in [5.74, 6) is 0.158. The highest BCUT2D eigenvalue weighted by Gasteiger charge is 2.22. The van der Waals surface area contributed by atoms with Crippen molar-refractivity contribution in [3.05, 3.63) is 74.0 Å². The molecule has 0 radical (unpaired) electrons. The van der Waals surface area contributed by atoms with Crippen molar-refractivity contribution in [3.8, 4) is 11.4 Å². The first-order chi connectivity index (χ1) is 17.5. The Morgan fingerprint density at radius 2 is 1.86 bits per heavy atom. The Labute approximate surface area is 223 Å². The fourth-order valence-electron chi connectivity index (χ4n) is 4.64. The zero-order valence-electron chi connectivity index (χ0n) is 20.3. The third kappa shape index (κ3) is 4.92. The van der Waals surface area contributed by atoms with Crippen LogP contribution in [0, 0.1) is 10.9 Å². The summed E-state index contributed by atoms with van der Waals surface area (Å²) in [5.41, 5.74) is 4.17. The lowest BCUT2D eigenvalue weighted by Crippen LogP contribution is -2.34. The third-order valence-electron chi connectivity index (χ3n) is 6.59. The fourth-order valence-corrected chi connectivity index (χ4v) is 6.75. The molecule has 5 rings (SSSR count). The number of nitrogens with one attached hydrogen (secondary N) is 1. The van der Waals surface area contributed by atoms with Crippen LogP contribution in [-0.4, -0.2) is 31.8 Å². The number of carbonyl (C=O) groups excluding carboxylic acids is 1. The minimum atomic E-state index is -0.173. The number of para-hydroxylation sites is 1. The number of hydrogen-bond donors (Lipinski definition) is 1. The van der Waals surface area contributed by atoms with Crippen LogP contribution in [0.1, 0.15) is 43.7 Å². The van der Waals surface area contributed by atoms with Crippen LogP contribution in [0.5, 0.6) is 0 Å². The van der Waals surface area contributed by atoms with Crippen molar-refractivity contribution in [2.45, 2.75) is 57.1 Å². The largest absolute Gasteiger partial charge is 0.353 e. The molecule has 36 heavy (non-hydrogen) atoms. The highest BCUT2D eigenvalue weighted by molar-refractivity contribution is 7.99. The summed E-state index contributed by atoms with van der Waals surface area (Å²) in [7, 11) is 0. The second kappa shape index (κ2) is 10.7. The van der Waals surface area contributed by atoms with E-state index in [0.717, 1.165) is 49.0 Å². The molecule has 2 aromatic heterocycles. The second-order valence-corrected chi connectivity index (χ2v) is 11.6. The van der Waals surface area contributed by atoms with Gasteiger partial charge in [0.25, 0.3) is 5.56 Å². The third-order valence-corrected chi connectivity index (χ3v) is 8.88. The van der Waals surface area contributed by atoms with Gasteiger partial charge in [-0.2, -0.15) is 0 Å². The summed E-state index contributed by atoms with van der Waals surface area (Å²) in [6, 6.07) is 16.1. The van der Waals surface area contributed by atoms with Gasteiger partial charge in [0, 0.05) is 11.7 Å². The standard InChI is InChI=1S/C27H28N4O2S3/c1-3-18-12-14-20(15-13-18)30-24-23(36-27(30)34)25(33)31(21-11-7-4-8-17(21)2)26(29-24)35-16-22(32)28-19-9-5-6-10-19/h4,7-8,11-15,19H,3,5-6,9-10,16H2,1-2H3,(H,28,32). The first-order valence-corrected chi connectivity index (χ1v) is 14.4. The number of thiazole rings is 1. The quantitative estimate of drug-likeness (QED) is 0.179. The predicted octanol–water partition coefficient (Wildman–Crippen LogP) is 5.99. The zero-order chi connectivity index (χ0) is 25.2. The van der Waals surface area contributed by atoms with Crippen molar-refractivity contribution < 1.29 is 4.79 Å². The average Bonchev–Trinajstić information content (AvgIpc) is 3.51. The first-order valence-electron chi connectivity index (χ1n) is 12.2. The van der Waals surface area contributed by atoms with Gasteiger partial charge in [0.1, 0.15) is 4.70 Å².